The summed E-state index contributed by atoms with van der Waals surface area (Å²) in [6, 6.07) is 0. The van der Waals surface area contributed by atoms with E-state index in [4.69, 9.17) is 9.47 Å². The van der Waals surface area contributed by atoms with Crippen molar-refractivity contribution in [3.05, 3.63) is 12.7 Å². The molecule has 0 aromatic heterocycles. The Morgan fingerprint density at radius 3 is 1.60 bits per heavy atom. The van der Waals surface area contributed by atoms with Crippen LogP contribution in [0, 0.1) is 0 Å². The van der Waals surface area contributed by atoms with Gasteiger partial charge in [0.15, 0.2) is 0 Å². The second-order valence-electron chi connectivity index (χ2n) is 1.70. The van der Waals surface area contributed by atoms with E-state index in [2.05, 4.69) is 19.2 Å². The minimum atomic E-state index is 0.778. The molecule has 1 rings (SSSR count). The van der Waals surface area contributed by atoms with Gasteiger partial charge in [-0.1, -0.05) is 6.08 Å². The van der Waals surface area contributed by atoms with Crippen molar-refractivity contribution in [1.82, 2.24) is 0 Å². The molecule has 0 unspecified atom stereocenters. The molecule has 0 saturated carbocycles. The summed E-state index contributed by atoms with van der Waals surface area (Å²) < 4.78 is 9.89. The molecule has 1 fully saturated rings. The molecule has 0 aromatic rings. The molecule has 3 heteroatoms. The van der Waals surface area contributed by atoms with E-state index in [0.717, 1.165) is 32.2 Å². The quantitative estimate of drug-likeness (QED) is 0.460. The summed E-state index contributed by atoms with van der Waals surface area (Å²) in [6.45, 7) is 6.51. The minimum Gasteiger partial charge on any atom is -0.377 e. The molecule has 0 aliphatic carbocycles. The van der Waals surface area contributed by atoms with Crippen LogP contribution in [0.15, 0.2) is 12.7 Å². The first-order chi connectivity index (χ1) is 4.91. The number of ether oxygens (including phenoxy) is 2. The van der Waals surface area contributed by atoms with Crippen LogP contribution in [-0.4, -0.2) is 32.2 Å². The zero-order chi connectivity index (χ0) is 7.66. The molecule has 0 radical (unpaired) electrons. The fraction of sp³-hybridized carbons (Fsp3) is 0.714. The smallest absolute Gasteiger partial charge is 0.0701 e. The molecule has 1 aliphatic rings. The van der Waals surface area contributed by atoms with Crippen LogP contribution in [0.25, 0.3) is 0 Å². The van der Waals surface area contributed by atoms with Gasteiger partial charge < -0.3 is 9.47 Å². The first kappa shape index (κ1) is 10.0. The predicted octanol–water partition coefficient (Wildman–Crippen LogP) is 1.14. The molecular weight excluding hydrogens is 148 g/mol. The van der Waals surface area contributed by atoms with E-state index in [1.807, 2.05) is 0 Å². The highest BCUT2D eigenvalue weighted by Gasteiger charge is 1.94. The third kappa shape index (κ3) is 8.01. The van der Waals surface area contributed by atoms with Crippen LogP contribution in [0.2, 0.25) is 0 Å². The maximum Gasteiger partial charge on any atom is 0.0701 e. The second kappa shape index (κ2) is 9.01. The lowest BCUT2D eigenvalue weighted by Crippen LogP contribution is -2.16. The molecule has 1 heterocycles. The maximum absolute atomic E-state index is 4.94. The van der Waals surface area contributed by atoms with Crippen molar-refractivity contribution in [2.75, 3.05) is 32.2 Å². The minimum absolute atomic E-state index is 0.778. The Labute approximate surface area is 67.6 Å². The zero-order valence-corrected chi connectivity index (χ0v) is 6.98. The number of rotatable bonds is 1. The van der Waals surface area contributed by atoms with Gasteiger partial charge >= 0.3 is 0 Å². The van der Waals surface area contributed by atoms with Crippen LogP contribution in [0.5, 0.6) is 0 Å². The van der Waals surface area contributed by atoms with Crippen molar-refractivity contribution in [1.29, 1.82) is 0 Å². The summed E-state index contributed by atoms with van der Waals surface area (Å²) in [4.78, 5) is 0. The Kier molecular flexibility index (Phi) is 9.02. The molecule has 2 nitrogen and oxygen atoms in total. The van der Waals surface area contributed by atoms with E-state index < -0.39 is 0 Å². The monoisotopic (exact) mass is 162 g/mol. The molecular formula is C7H14O2S. The van der Waals surface area contributed by atoms with Crippen molar-refractivity contribution in [2.45, 2.75) is 0 Å². The summed E-state index contributed by atoms with van der Waals surface area (Å²) in [5.41, 5.74) is 0. The Balaban J connectivity index is 0.000000180. The van der Waals surface area contributed by atoms with E-state index in [1.165, 1.54) is 0 Å². The molecule has 10 heavy (non-hydrogen) atoms. The second-order valence-corrected chi connectivity index (χ2v) is 2.06. The highest BCUT2D eigenvalue weighted by atomic mass is 32.1. The lowest BCUT2D eigenvalue weighted by atomic mass is 10.6. The van der Waals surface area contributed by atoms with E-state index in [9.17, 15) is 0 Å². The Morgan fingerprint density at radius 2 is 1.50 bits per heavy atom. The molecule has 1 saturated heterocycles. The number of hydrogen-bond donors (Lipinski definition) is 1. The molecule has 1 aliphatic heterocycles. The van der Waals surface area contributed by atoms with Gasteiger partial charge in [-0.2, -0.15) is 12.6 Å². The summed E-state index contributed by atoms with van der Waals surface area (Å²) in [6.07, 6.45) is 1.74. The molecule has 0 N–H and O–H groups in total. The summed E-state index contributed by atoms with van der Waals surface area (Å²) in [5.74, 6) is 0.778. The van der Waals surface area contributed by atoms with Crippen LogP contribution in [0.3, 0.4) is 0 Å². The number of thiol groups is 1. The Morgan fingerprint density at radius 1 is 1.20 bits per heavy atom. The lowest BCUT2D eigenvalue weighted by Gasteiger charge is -2.09. The normalized spacial score (nSPS) is 16.9. The Hall–Kier alpha value is 0.01000. The van der Waals surface area contributed by atoms with Crippen LogP contribution in [-0.2, 0) is 9.47 Å². The van der Waals surface area contributed by atoms with Crippen LogP contribution < -0.4 is 0 Å². The van der Waals surface area contributed by atoms with Gasteiger partial charge in [-0.25, -0.2) is 0 Å². The van der Waals surface area contributed by atoms with Crippen LogP contribution >= 0.6 is 12.6 Å². The van der Waals surface area contributed by atoms with Crippen LogP contribution in [0.4, 0.5) is 0 Å². The van der Waals surface area contributed by atoms with Gasteiger partial charge in [-0.15, -0.1) is 6.58 Å². The van der Waals surface area contributed by atoms with Gasteiger partial charge in [0.05, 0.1) is 26.4 Å². The fourth-order valence-electron chi connectivity index (χ4n) is 0.440. The van der Waals surface area contributed by atoms with Gasteiger partial charge in [0.2, 0.25) is 0 Å². The third-order valence-electron chi connectivity index (χ3n) is 0.873. The van der Waals surface area contributed by atoms with Crippen molar-refractivity contribution in [3.63, 3.8) is 0 Å². The highest BCUT2D eigenvalue weighted by Crippen LogP contribution is 1.85. The molecule has 0 aromatic carbocycles. The van der Waals surface area contributed by atoms with Crippen molar-refractivity contribution in [3.8, 4) is 0 Å². The van der Waals surface area contributed by atoms with E-state index in [1.54, 1.807) is 6.08 Å². The highest BCUT2D eigenvalue weighted by molar-refractivity contribution is 7.80. The topological polar surface area (TPSA) is 18.5 Å². The fourth-order valence-corrected chi connectivity index (χ4v) is 0.440. The summed E-state index contributed by atoms with van der Waals surface area (Å²) in [7, 11) is 0. The zero-order valence-electron chi connectivity index (χ0n) is 6.08. The average Bonchev–Trinajstić information content (AvgIpc) is 2.08. The molecule has 0 spiro atoms. The molecule has 60 valence electrons. The number of hydrogen-bond acceptors (Lipinski definition) is 3. The average molecular weight is 162 g/mol. The van der Waals surface area contributed by atoms with Crippen molar-refractivity contribution in [2.24, 2.45) is 0 Å². The van der Waals surface area contributed by atoms with Gasteiger partial charge in [-0.3, -0.25) is 0 Å². The largest absolute Gasteiger partial charge is 0.377 e. The lowest BCUT2D eigenvalue weighted by molar-refractivity contribution is -0.0334. The third-order valence-corrected chi connectivity index (χ3v) is 1.13. The van der Waals surface area contributed by atoms with Crippen molar-refractivity contribution < 1.29 is 9.47 Å². The SMILES string of the molecule is C1COCCO1.C=CCS. The van der Waals surface area contributed by atoms with Gasteiger partial charge in [-0.05, 0) is 0 Å². The standard InChI is InChI=1S/C4H8O2.C3H6S/c1-2-6-4-3-5-1;1-2-3-4/h1-4H2;2,4H,1,3H2. The summed E-state index contributed by atoms with van der Waals surface area (Å²) in [5, 5.41) is 0. The predicted molar refractivity (Wildman–Crippen MR) is 45.7 cm³/mol. The van der Waals surface area contributed by atoms with E-state index in [0.29, 0.717) is 0 Å². The van der Waals surface area contributed by atoms with Gasteiger partial charge in [0.25, 0.3) is 0 Å². The van der Waals surface area contributed by atoms with E-state index in [-0.39, 0.29) is 0 Å². The Bertz CT molecular complexity index is 60.5. The van der Waals surface area contributed by atoms with Crippen molar-refractivity contribution >= 4 is 12.6 Å². The molecule has 0 amide bonds. The maximum atomic E-state index is 4.94. The molecule has 0 atom stereocenters. The van der Waals surface area contributed by atoms with E-state index >= 15 is 0 Å². The van der Waals surface area contributed by atoms with Crippen LogP contribution in [0.1, 0.15) is 0 Å². The van der Waals surface area contributed by atoms with Gasteiger partial charge in [0, 0.05) is 5.75 Å². The summed E-state index contributed by atoms with van der Waals surface area (Å²) >= 11 is 3.80. The van der Waals surface area contributed by atoms with Gasteiger partial charge in [0.1, 0.15) is 0 Å². The first-order valence-corrected chi connectivity index (χ1v) is 3.92. The molecule has 0 bridgehead atoms. The first-order valence-electron chi connectivity index (χ1n) is 3.29.